The normalized spacial score (nSPS) is 21.0. The smallest absolute Gasteiger partial charge is 0.321 e. The molecular weight excluding hydrogens is 334 g/mol. The number of benzene rings is 1. The number of hydrogen-bond acceptors (Lipinski definition) is 4. The number of nitrogens with zero attached hydrogens (tertiary/aromatic N) is 3. The lowest BCUT2D eigenvalue weighted by Crippen LogP contribution is -2.50. The predicted octanol–water partition coefficient (Wildman–Crippen LogP) is 1.67. The summed E-state index contributed by atoms with van der Waals surface area (Å²) in [6.07, 6.45) is 3.42. The minimum Gasteiger partial charge on any atom is -0.378 e. The Bertz CT molecular complexity index is 799. The highest BCUT2D eigenvalue weighted by Gasteiger charge is 2.31. The topological polar surface area (TPSA) is 90.6 Å². The van der Waals surface area contributed by atoms with E-state index in [9.17, 15) is 9.59 Å². The maximum atomic E-state index is 12.7. The van der Waals surface area contributed by atoms with Crippen molar-refractivity contribution in [2.24, 2.45) is 5.92 Å². The Hall–Kier alpha value is -2.61. The average Bonchev–Trinajstić information content (AvgIpc) is 3.16. The highest BCUT2D eigenvalue weighted by Crippen LogP contribution is 2.21. The second-order valence-corrected chi connectivity index (χ2v) is 6.83. The molecule has 2 saturated heterocycles. The average molecular weight is 357 g/mol. The molecule has 2 fully saturated rings. The standard InChI is InChI=1S/C18H23N5O3/c24-17(22-6-8-26-9-7-22)14-2-1-5-23(12-14)18(25)20-15-4-3-13-11-19-21-16(13)10-15/h3-4,10-11,14H,1-2,5-9,12H2,(H,19,21)(H,20,25)/t14-/m0/s1. The molecule has 3 amide bonds. The number of morpholine rings is 1. The minimum absolute atomic E-state index is 0.123. The molecule has 0 saturated carbocycles. The molecule has 2 N–H and O–H groups in total. The third kappa shape index (κ3) is 3.50. The molecule has 0 spiro atoms. The largest absolute Gasteiger partial charge is 0.378 e. The van der Waals surface area contributed by atoms with Crippen molar-refractivity contribution in [2.45, 2.75) is 12.8 Å². The molecule has 8 nitrogen and oxygen atoms in total. The second kappa shape index (κ2) is 7.33. The molecule has 4 rings (SSSR count). The maximum absolute atomic E-state index is 12.7. The van der Waals surface area contributed by atoms with Crippen LogP contribution in [0.1, 0.15) is 12.8 Å². The van der Waals surface area contributed by atoms with Crippen LogP contribution in [-0.2, 0) is 9.53 Å². The number of hydrogen-bond donors (Lipinski definition) is 2. The SMILES string of the molecule is O=C(Nc1ccc2cn[nH]c2c1)N1CCC[C@H](C(=O)N2CCOCC2)C1. The summed E-state index contributed by atoms with van der Waals surface area (Å²) in [4.78, 5) is 28.9. The first-order chi connectivity index (χ1) is 12.7. The number of aromatic amines is 1. The van der Waals surface area contributed by atoms with Gasteiger partial charge in [-0.3, -0.25) is 9.89 Å². The highest BCUT2D eigenvalue weighted by molar-refractivity contribution is 5.92. The number of ether oxygens (including phenoxy) is 1. The number of rotatable bonds is 2. The van der Waals surface area contributed by atoms with Crippen molar-refractivity contribution in [3.8, 4) is 0 Å². The number of likely N-dealkylation sites (tertiary alicyclic amines) is 1. The van der Waals surface area contributed by atoms with E-state index in [0.717, 1.165) is 23.7 Å². The van der Waals surface area contributed by atoms with Gasteiger partial charge in [-0.2, -0.15) is 5.10 Å². The fraction of sp³-hybridized carbons (Fsp3) is 0.500. The minimum atomic E-state index is -0.164. The van der Waals surface area contributed by atoms with Gasteiger partial charge in [-0.1, -0.05) is 0 Å². The van der Waals surface area contributed by atoms with E-state index in [1.54, 1.807) is 11.1 Å². The van der Waals surface area contributed by atoms with Gasteiger partial charge in [-0.15, -0.1) is 0 Å². The Morgan fingerprint density at radius 1 is 1.19 bits per heavy atom. The maximum Gasteiger partial charge on any atom is 0.321 e. The van der Waals surface area contributed by atoms with E-state index in [2.05, 4.69) is 15.5 Å². The van der Waals surface area contributed by atoms with Gasteiger partial charge in [0.2, 0.25) is 5.91 Å². The van der Waals surface area contributed by atoms with E-state index in [1.165, 1.54) is 0 Å². The summed E-state index contributed by atoms with van der Waals surface area (Å²) in [5.74, 6) is 0.0207. The van der Waals surface area contributed by atoms with Crippen LogP contribution in [0.25, 0.3) is 10.9 Å². The summed E-state index contributed by atoms with van der Waals surface area (Å²) in [5, 5.41) is 10.8. The van der Waals surface area contributed by atoms with Crippen molar-refractivity contribution in [3.05, 3.63) is 24.4 Å². The third-order valence-electron chi connectivity index (χ3n) is 5.07. The van der Waals surface area contributed by atoms with Gasteiger partial charge >= 0.3 is 6.03 Å². The Kier molecular flexibility index (Phi) is 4.75. The molecule has 2 aromatic rings. The van der Waals surface area contributed by atoms with Crippen LogP contribution in [0.15, 0.2) is 24.4 Å². The van der Waals surface area contributed by atoms with Gasteiger partial charge in [0, 0.05) is 37.3 Å². The lowest BCUT2D eigenvalue weighted by molar-refractivity contribution is -0.141. The molecule has 0 unspecified atom stereocenters. The third-order valence-corrected chi connectivity index (χ3v) is 5.07. The van der Waals surface area contributed by atoms with Crippen LogP contribution < -0.4 is 5.32 Å². The molecule has 1 atom stereocenters. The van der Waals surface area contributed by atoms with Crippen molar-refractivity contribution >= 4 is 28.5 Å². The number of anilines is 1. The number of fused-ring (bicyclic) bond motifs is 1. The van der Waals surface area contributed by atoms with Crippen LogP contribution >= 0.6 is 0 Å². The van der Waals surface area contributed by atoms with Gasteiger partial charge in [-0.05, 0) is 31.0 Å². The van der Waals surface area contributed by atoms with Gasteiger partial charge in [0.1, 0.15) is 0 Å². The Labute approximate surface area is 151 Å². The number of carbonyl (C=O) groups excluding carboxylic acids is 2. The Balaban J connectivity index is 1.38. The van der Waals surface area contributed by atoms with Crippen molar-refractivity contribution in [1.29, 1.82) is 0 Å². The second-order valence-electron chi connectivity index (χ2n) is 6.83. The van der Waals surface area contributed by atoms with Crippen molar-refractivity contribution in [1.82, 2.24) is 20.0 Å². The molecule has 2 aliphatic rings. The van der Waals surface area contributed by atoms with E-state index in [4.69, 9.17) is 4.74 Å². The molecule has 1 aromatic carbocycles. The van der Waals surface area contributed by atoms with Gasteiger partial charge in [0.15, 0.2) is 0 Å². The summed E-state index contributed by atoms with van der Waals surface area (Å²) >= 11 is 0. The zero-order valence-electron chi connectivity index (χ0n) is 14.6. The fourth-order valence-electron chi connectivity index (χ4n) is 3.62. The molecule has 2 aliphatic heterocycles. The highest BCUT2D eigenvalue weighted by atomic mass is 16.5. The number of carbonyl (C=O) groups is 2. The number of amides is 3. The van der Waals surface area contributed by atoms with Gasteiger partial charge in [0.25, 0.3) is 0 Å². The lowest BCUT2D eigenvalue weighted by atomic mass is 9.96. The fourth-order valence-corrected chi connectivity index (χ4v) is 3.62. The summed E-state index contributed by atoms with van der Waals surface area (Å²) < 4.78 is 5.31. The van der Waals surface area contributed by atoms with Crippen molar-refractivity contribution < 1.29 is 14.3 Å². The van der Waals surface area contributed by atoms with Crippen molar-refractivity contribution in [3.63, 3.8) is 0 Å². The van der Waals surface area contributed by atoms with Gasteiger partial charge in [0.05, 0.1) is 30.8 Å². The molecule has 8 heteroatoms. The molecule has 0 bridgehead atoms. The first kappa shape index (κ1) is 16.8. The molecule has 3 heterocycles. The lowest BCUT2D eigenvalue weighted by Gasteiger charge is -2.36. The number of H-pyrrole nitrogens is 1. The molecule has 1 aromatic heterocycles. The van der Waals surface area contributed by atoms with E-state index < -0.39 is 0 Å². The molecule has 0 radical (unpaired) electrons. The molecule has 0 aliphatic carbocycles. The quantitative estimate of drug-likeness (QED) is 0.855. The number of piperidine rings is 1. The zero-order chi connectivity index (χ0) is 17.9. The molecule has 26 heavy (non-hydrogen) atoms. The van der Waals surface area contributed by atoms with Crippen LogP contribution in [0, 0.1) is 5.92 Å². The van der Waals surface area contributed by atoms with E-state index in [0.29, 0.717) is 45.1 Å². The summed E-state index contributed by atoms with van der Waals surface area (Å²) in [5.41, 5.74) is 1.59. The Morgan fingerprint density at radius 2 is 2.04 bits per heavy atom. The van der Waals surface area contributed by atoms with E-state index >= 15 is 0 Å². The summed E-state index contributed by atoms with van der Waals surface area (Å²) in [6.45, 7) is 3.62. The number of urea groups is 1. The molecule has 138 valence electrons. The van der Waals surface area contributed by atoms with Crippen LogP contribution in [-0.4, -0.2) is 71.3 Å². The van der Waals surface area contributed by atoms with E-state index in [1.807, 2.05) is 23.1 Å². The summed E-state index contributed by atoms with van der Waals surface area (Å²) in [6, 6.07) is 5.47. The number of nitrogens with one attached hydrogen (secondary N) is 2. The van der Waals surface area contributed by atoms with Gasteiger partial charge in [-0.25, -0.2) is 4.79 Å². The first-order valence-corrected chi connectivity index (χ1v) is 9.06. The van der Waals surface area contributed by atoms with Crippen LogP contribution in [0.2, 0.25) is 0 Å². The van der Waals surface area contributed by atoms with Crippen LogP contribution in [0.3, 0.4) is 0 Å². The summed E-state index contributed by atoms with van der Waals surface area (Å²) in [7, 11) is 0. The zero-order valence-corrected chi connectivity index (χ0v) is 14.6. The van der Waals surface area contributed by atoms with Crippen LogP contribution in [0.5, 0.6) is 0 Å². The molecular formula is C18H23N5O3. The monoisotopic (exact) mass is 357 g/mol. The Morgan fingerprint density at radius 3 is 2.88 bits per heavy atom. The predicted molar refractivity (Wildman–Crippen MR) is 96.8 cm³/mol. The van der Waals surface area contributed by atoms with Gasteiger partial charge < -0.3 is 19.9 Å². The van der Waals surface area contributed by atoms with E-state index in [-0.39, 0.29) is 17.9 Å². The first-order valence-electron chi connectivity index (χ1n) is 9.06. The van der Waals surface area contributed by atoms with Crippen molar-refractivity contribution in [2.75, 3.05) is 44.7 Å². The number of aromatic nitrogens is 2. The van der Waals surface area contributed by atoms with Crippen LogP contribution in [0.4, 0.5) is 10.5 Å².